The molecule has 2 heteroatoms. The molecule has 0 radical (unpaired) electrons. The van der Waals surface area contributed by atoms with Crippen molar-refractivity contribution in [3.8, 4) is 0 Å². The topological polar surface area (TPSA) is 34.1 Å². The van der Waals surface area contributed by atoms with E-state index in [1.807, 2.05) is 54.5 Å². The summed E-state index contributed by atoms with van der Waals surface area (Å²) in [6, 6.07) is 0. The van der Waals surface area contributed by atoms with Crippen LogP contribution in [0.5, 0.6) is 0 Å². The largest absolute Gasteiger partial charge is 0.299 e. The van der Waals surface area contributed by atoms with Crippen LogP contribution >= 0.6 is 0 Å². The first kappa shape index (κ1) is 19.1. The lowest BCUT2D eigenvalue weighted by Gasteiger charge is -2.36. The average molecular weight is 280 g/mol. The van der Waals surface area contributed by atoms with E-state index >= 15 is 0 Å². The van der Waals surface area contributed by atoms with Gasteiger partial charge in [0.15, 0.2) is 0 Å². The standard InChI is InChI=1S/C18H32O2/c1-9-12-18(10-2,15(20)17(6,7)8)13-11-14(19)16(3,4)5/h9H,1,10-13H2,2-8H3. The van der Waals surface area contributed by atoms with Gasteiger partial charge in [-0.15, -0.1) is 6.58 Å². The zero-order chi connectivity index (χ0) is 16.2. The Hall–Kier alpha value is -0.920. The van der Waals surface area contributed by atoms with Gasteiger partial charge in [-0.1, -0.05) is 54.5 Å². The van der Waals surface area contributed by atoms with Gasteiger partial charge < -0.3 is 0 Å². The lowest BCUT2D eigenvalue weighted by molar-refractivity contribution is -0.138. The van der Waals surface area contributed by atoms with Crippen molar-refractivity contribution in [3.63, 3.8) is 0 Å². The molecule has 1 atom stereocenters. The van der Waals surface area contributed by atoms with Crippen molar-refractivity contribution < 1.29 is 9.59 Å². The van der Waals surface area contributed by atoms with Gasteiger partial charge in [-0.3, -0.25) is 9.59 Å². The van der Waals surface area contributed by atoms with Crippen molar-refractivity contribution >= 4 is 11.6 Å². The number of hydrogen-bond donors (Lipinski definition) is 0. The molecule has 0 aromatic carbocycles. The first-order valence-electron chi connectivity index (χ1n) is 7.60. The molecule has 1 unspecified atom stereocenters. The van der Waals surface area contributed by atoms with Crippen LogP contribution in [0.25, 0.3) is 0 Å². The van der Waals surface area contributed by atoms with E-state index in [9.17, 15) is 9.59 Å². The van der Waals surface area contributed by atoms with Gasteiger partial charge in [0.2, 0.25) is 0 Å². The molecule has 20 heavy (non-hydrogen) atoms. The van der Waals surface area contributed by atoms with Crippen LogP contribution in [0, 0.1) is 16.2 Å². The first-order chi connectivity index (χ1) is 8.90. The van der Waals surface area contributed by atoms with E-state index in [1.54, 1.807) is 0 Å². The fraction of sp³-hybridized carbons (Fsp3) is 0.778. The number of carbonyl (C=O) groups is 2. The van der Waals surface area contributed by atoms with Gasteiger partial charge in [0, 0.05) is 22.7 Å². The molecule has 0 spiro atoms. The van der Waals surface area contributed by atoms with Crippen molar-refractivity contribution in [2.24, 2.45) is 16.2 Å². The highest BCUT2D eigenvalue weighted by atomic mass is 16.1. The summed E-state index contributed by atoms with van der Waals surface area (Å²) in [6.45, 7) is 17.5. The molecule has 0 heterocycles. The number of allylic oxidation sites excluding steroid dienone is 1. The van der Waals surface area contributed by atoms with E-state index in [1.165, 1.54) is 0 Å². The third-order valence-corrected chi connectivity index (χ3v) is 4.04. The minimum atomic E-state index is -0.444. The molecule has 116 valence electrons. The van der Waals surface area contributed by atoms with Crippen molar-refractivity contribution in [2.75, 3.05) is 0 Å². The van der Waals surface area contributed by atoms with Gasteiger partial charge in [0.25, 0.3) is 0 Å². The normalized spacial score (nSPS) is 15.6. The second kappa shape index (κ2) is 6.69. The summed E-state index contributed by atoms with van der Waals surface area (Å²) in [4.78, 5) is 25.0. The van der Waals surface area contributed by atoms with Crippen molar-refractivity contribution in [1.29, 1.82) is 0 Å². The van der Waals surface area contributed by atoms with E-state index < -0.39 is 5.41 Å². The highest BCUT2D eigenvalue weighted by Crippen LogP contribution is 2.40. The summed E-state index contributed by atoms with van der Waals surface area (Å²) >= 11 is 0. The predicted octanol–water partition coefficient (Wildman–Crippen LogP) is 4.97. The maximum absolute atomic E-state index is 12.8. The maximum atomic E-state index is 12.8. The van der Waals surface area contributed by atoms with Crippen LogP contribution < -0.4 is 0 Å². The van der Waals surface area contributed by atoms with Crippen LogP contribution in [-0.2, 0) is 9.59 Å². The van der Waals surface area contributed by atoms with Gasteiger partial charge in [0.05, 0.1) is 0 Å². The second-order valence-electron chi connectivity index (χ2n) is 7.88. The van der Waals surface area contributed by atoms with Crippen LogP contribution in [-0.4, -0.2) is 11.6 Å². The van der Waals surface area contributed by atoms with Gasteiger partial charge in [0.1, 0.15) is 11.6 Å². The van der Waals surface area contributed by atoms with E-state index in [4.69, 9.17) is 0 Å². The number of ketones is 2. The third-order valence-electron chi connectivity index (χ3n) is 4.04. The smallest absolute Gasteiger partial charge is 0.144 e. The third kappa shape index (κ3) is 4.88. The van der Waals surface area contributed by atoms with Crippen LogP contribution in [0.2, 0.25) is 0 Å². The van der Waals surface area contributed by atoms with Crippen molar-refractivity contribution in [1.82, 2.24) is 0 Å². The molecule has 0 fully saturated rings. The Morgan fingerprint density at radius 1 is 1.00 bits per heavy atom. The molecule has 0 amide bonds. The van der Waals surface area contributed by atoms with Crippen LogP contribution in [0.3, 0.4) is 0 Å². The van der Waals surface area contributed by atoms with Crippen LogP contribution in [0.4, 0.5) is 0 Å². The maximum Gasteiger partial charge on any atom is 0.144 e. The highest BCUT2D eigenvalue weighted by Gasteiger charge is 2.41. The molecule has 0 rings (SSSR count). The highest BCUT2D eigenvalue weighted by molar-refractivity contribution is 5.90. The lowest BCUT2D eigenvalue weighted by atomic mass is 9.66. The first-order valence-corrected chi connectivity index (χ1v) is 7.60. The Labute approximate surface area is 125 Å². The summed E-state index contributed by atoms with van der Waals surface area (Å²) in [5, 5.41) is 0. The number of hydrogen-bond acceptors (Lipinski definition) is 2. The molecular formula is C18H32O2. The summed E-state index contributed by atoms with van der Waals surface area (Å²) in [7, 11) is 0. The van der Waals surface area contributed by atoms with Crippen LogP contribution in [0.15, 0.2) is 12.7 Å². The second-order valence-corrected chi connectivity index (χ2v) is 7.88. The van der Waals surface area contributed by atoms with E-state index in [0.29, 0.717) is 19.3 Å². The molecule has 2 nitrogen and oxygen atoms in total. The Morgan fingerprint density at radius 2 is 1.50 bits per heavy atom. The zero-order valence-electron chi connectivity index (χ0n) is 14.4. The van der Waals surface area contributed by atoms with Gasteiger partial charge in [-0.2, -0.15) is 0 Å². The molecule has 0 aromatic rings. The molecule has 0 bridgehead atoms. The molecule has 0 aliphatic carbocycles. The minimum Gasteiger partial charge on any atom is -0.299 e. The van der Waals surface area contributed by atoms with Crippen LogP contribution in [0.1, 0.15) is 74.1 Å². The lowest BCUT2D eigenvalue weighted by Crippen LogP contribution is -2.39. The fourth-order valence-corrected chi connectivity index (χ4v) is 2.59. The van der Waals surface area contributed by atoms with E-state index in [-0.39, 0.29) is 22.4 Å². The summed E-state index contributed by atoms with van der Waals surface area (Å²) in [5.74, 6) is 0.468. The molecule has 0 aliphatic heterocycles. The quantitative estimate of drug-likeness (QED) is 0.617. The van der Waals surface area contributed by atoms with E-state index in [0.717, 1.165) is 6.42 Å². The Kier molecular flexibility index (Phi) is 6.38. The Morgan fingerprint density at radius 3 is 1.80 bits per heavy atom. The molecular weight excluding hydrogens is 248 g/mol. The zero-order valence-corrected chi connectivity index (χ0v) is 14.4. The predicted molar refractivity (Wildman–Crippen MR) is 85.7 cm³/mol. The molecule has 0 saturated carbocycles. The number of Topliss-reactive ketones (excluding diaryl/α,β-unsaturated/α-hetero) is 2. The van der Waals surface area contributed by atoms with Crippen molar-refractivity contribution in [3.05, 3.63) is 12.7 Å². The molecule has 0 aliphatic rings. The Bertz CT molecular complexity index is 366. The van der Waals surface area contributed by atoms with Gasteiger partial charge in [-0.25, -0.2) is 0 Å². The number of rotatable bonds is 7. The molecule has 0 N–H and O–H groups in total. The number of carbonyl (C=O) groups excluding carboxylic acids is 2. The van der Waals surface area contributed by atoms with Crippen molar-refractivity contribution in [2.45, 2.75) is 74.1 Å². The Balaban J connectivity index is 5.22. The van der Waals surface area contributed by atoms with E-state index in [2.05, 4.69) is 6.58 Å². The summed E-state index contributed by atoms with van der Waals surface area (Å²) < 4.78 is 0. The average Bonchev–Trinajstić information content (AvgIpc) is 2.31. The van der Waals surface area contributed by atoms with Gasteiger partial charge in [-0.05, 0) is 19.3 Å². The summed E-state index contributed by atoms with van der Waals surface area (Å²) in [5.41, 5.74) is -1.16. The monoisotopic (exact) mass is 280 g/mol. The van der Waals surface area contributed by atoms with Gasteiger partial charge >= 0.3 is 0 Å². The molecule has 0 aromatic heterocycles. The summed E-state index contributed by atoms with van der Waals surface area (Å²) in [6.07, 6.45) is 4.31. The molecule has 0 saturated heterocycles. The minimum absolute atomic E-state index is 0.223. The fourth-order valence-electron chi connectivity index (χ4n) is 2.59. The SMILES string of the molecule is C=CCC(CC)(CCC(=O)C(C)(C)C)C(=O)C(C)(C)C.